The topological polar surface area (TPSA) is 59.1 Å². The van der Waals surface area contributed by atoms with Gasteiger partial charge in [-0.1, -0.05) is 12.1 Å². The molecule has 32 heavy (non-hydrogen) atoms. The molecule has 2 amide bonds. The van der Waals surface area contributed by atoms with Crippen molar-refractivity contribution in [3.63, 3.8) is 0 Å². The number of carbonyl (C=O) groups excluding carboxylic acids is 2. The van der Waals surface area contributed by atoms with Crippen LogP contribution >= 0.6 is 0 Å². The highest BCUT2D eigenvalue weighted by molar-refractivity contribution is 5.98. The Labute approximate surface area is 183 Å². The third kappa shape index (κ3) is 4.35. The molecule has 0 saturated carbocycles. The number of halogens is 3. The number of amides is 2. The van der Waals surface area contributed by atoms with Crippen molar-refractivity contribution in [3.05, 3.63) is 65.5 Å². The molecular weight excluding hydrogens is 425 g/mol. The minimum Gasteiger partial charge on any atom is -0.380 e. The van der Waals surface area contributed by atoms with Gasteiger partial charge < -0.3 is 19.3 Å². The van der Waals surface area contributed by atoms with Crippen molar-refractivity contribution >= 4 is 17.5 Å². The van der Waals surface area contributed by atoms with Crippen molar-refractivity contribution in [1.82, 2.24) is 4.90 Å². The monoisotopic (exact) mass is 448 g/mol. The Morgan fingerprint density at radius 2 is 1.81 bits per heavy atom. The number of piperidine rings is 1. The molecule has 2 aromatic rings. The molecule has 2 aliphatic heterocycles. The third-order valence-electron chi connectivity index (χ3n) is 5.87. The Balaban J connectivity index is 1.50. The van der Waals surface area contributed by atoms with Crippen molar-refractivity contribution < 1.29 is 32.2 Å². The van der Waals surface area contributed by atoms with Crippen molar-refractivity contribution in [3.8, 4) is 0 Å². The number of ether oxygens (including phenoxy) is 2. The summed E-state index contributed by atoms with van der Waals surface area (Å²) in [6.45, 7) is 0.683. The van der Waals surface area contributed by atoms with Gasteiger partial charge in [0, 0.05) is 31.5 Å². The molecule has 0 unspecified atom stereocenters. The van der Waals surface area contributed by atoms with Gasteiger partial charge in [0.2, 0.25) is 0 Å². The predicted molar refractivity (Wildman–Crippen MR) is 110 cm³/mol. The molecule has 2 aliphatic rings. The van der Waals surface area contributed by atoms with Crippen LogP contribution in [-0.4, -0.2) is 55.2 Å². The molecule has 2 saturated heterocycles. The molecule has 9 heteroatoms. The maximum absolute atomic E-state index is 14.5. The summed E-state index contributed by atoms with van der Waals surface area (Å²) >= 11 is 0. The number of methoxy groups -OCH3 is 1. The Kier molecular flexibility index (Phi) is 5.96. The van der Waals surface area contributed by atoms with E-state index in [0.717, 1.165) is 22.6 Å². The molecule has 0 atom stereocenters. The van der Waals surface area contributed by atoms with E-state index in [-0.39, 0.29) is 44.1 Å². The summed E-state index contributed by atoms with van der Waals surface area (Å²) in [7, 11) is 1.57. The lowest BCUT2D eigenvalue weighted by Crippen LogP contribution is -2.65. The number of nitrogens with zero attached hydrogens (tertiary/aromatic N) is 2. The lowest BCUT2D eigenvalue weighted by Gasteiger charge is -2.48. The van der Waals surface area contributed by atoms with Crippen LogP contribution in [0.3, 0.4) is 0 Å². The van der Waals surface area contributed by atoms with Crippen LogP contribution in [0.4, 0.5) is 18.9 Å². The van der Waals surface area contributed by atoms with Crippen LogP contribution in [0.1, 0.15) is 28.8 Å². The Bertz CT molecular complexity index is 1000. The molecule has 0 radical (unpaired) electrons. The summed E-state index contributed by atoms with van der Waals surface area (Å²) in [5, 5.41) is 0. The molecule has 0 aliphatic carbocycles. The summed E-state index contributed by atoms with van der Waals surface area (Å²) in [5.74, 6) is -2.22. The van der Waals surface area contributed by atoms with Crippen molar-refractivity contribution in [2.24, 2.45) is 0 Å². The lowest BCUT2D eigenvalue weighted by molar-refractivity contribution is -0.292. The van der Waals surface area contributed by atoms with Gasteiger partial charge in [-0.15, -0.1) is 0 Å². The van der Waals surface area contributed by atoms with Gasteiger partial charge in [0.15, 0.2) is 0 Å². The first-order valence-electron chi connectivity index (χ1n) is 10.3. The van der Waals surface area contributed by atoms with Crippen molar-refractivity contribution in [1.29, 1.82) is 0 Å². The quantitative estimate of drug-likeness (QED) is 0.717. The van der Waals surface area contributed by atoms with E-state index in [0.29, 0.717) is 12.2 Å². The smallest absolute Gasteiger partial charge is 0.380 e. The van der Waals surface area contributed by atoms with Crippen LogP contribution in [-0.2, 0) is 20.9 Å². The minimum atomic E-state index is -4.01. The Hall–Kier alpha value is -2.91. The van der Waals surface area contributed by atoms with E-state index in [4.69, 9.17) is 9.47 Å². The van der Waals surface area contributed by atoms with Gasteiger partial charge in [0.1, 0.15) is 5.82 Å². The molecule has 2 heterocycles. The summed E-state index contributed by atoms with van der Waals surface area (Å²) in [5.41, 5.74) is 0.219. The number of hydrogen-bond acceptors (Lipinski definition) is 4. The first-order valence-corrected chi connectivity index (χ1v) is 10.3. The van der Waals surface area contributed by atoms with Gasteiger partial charge in [0.05, 0.1) is 18.8 Å². The highest BCUT2D eigenvalue weighted by atomic mass is 19.3. The molecule has 170 valence electrons. The van der Waals surface area contributed by atoms with Crippen LogP contribution < -0.4 is 4.90 Å². The van der Waals surface area contributed by atoms with Crippen LogP contribution in [0.2, 0.25) is 0 Å². The number of alkyl halides is 2. The van der Waals surface area contributed by atoms with Gasteiger partial charge in [-0.25, -0.2) is 4.39 Å². The first-order chi connectivity index (χ1) is 15.2. The number of morpholine rings is 1. The van der Waals surface area contributed by atoms with Crippen molar-refractivity contribution in [2.75, 3.05) is 31.6 Å². The summed E-state index contributed by atoms with van der Waals surface area (Å²) < 4.78 is 52.4. The SMILES string of the molecule is COCc1cccc(C(=O)N2CCC3(CC2)CN(c2ccc(F)cc2)C(=O)C(F)(F)O3)c1. The zero-order valence-electron chi connectivity index (χ0n) is 17.5. The second-order valence-corrected chi connectivity index (χ2v) is 8.10. The minimum absolute atomic E-state index is 0.0988. The number of anilines is 1. The predicted octanol–water partition coefficient (Wildman–Crippen LogP) is 3.60. The second-order valence-electron chi connectivity index (χ2n) is 8.10. The molecule has 0 bridgehead atoms. The summed E-state index contributed by atoms with van der Waals surface area (Å²) in [6.07, 6.45) is -3.73. The van der Waals surface area contributed by atoms with E-state index in [9.17, 15) is 22.8 Å². The Morgan fingerprint density at radius 1 is 1.12 bits per heavy atom. The molecular formula is C23H23F3N2O4. The molecule has 4 rings (SSSR count). The van der Waals surface area contributed by atoms with Crippen LogP contribution in [0, 0.1) is 5.82 Å². The average molecular weight is 448 g/mol. The summed E-state index contributed by atoms with van der Waals surface area (Å²) in [6, 6.07) is 11.9. The second kappa shape index (κ2) is 8.55. The fraction of sp³-hybridized carbons (Fsp3) is 0.391. The largest absolute Gasteiger partial charge is 0.437 e. The van der Waals surface area contributed by atoms with Crippen molar-refractivity contribution in [2.45, 2.75) is 31.2 Å². The van der Waals surface area contributed by atoms with E-state index in [1.54, 1.807) is 30.2 Å². The molecule has 0 aromatic heterocycles. The molecule has 6 nitrogen and oxygen atoms in total. The van der Waals surface area contributed by atoms with Gasteiger partial charge in [-0.2, -0.15) is 8.78 Å². The number of carbonyl (C=O) groups is 2. The average Bonchev–Trinajstić information content (AvgIpc) is 2.77. The molecule has 1 spiro atoms. The van der Waals surface area contributed by atoms with Crippen LogP contribution in [0.15, 0.2) is 48.5 Å². The van der Waals surface area contributed by atoms with E-state index in [1.807, 2.05) is 6.07 Å². The number of benzene rings is 2. The standard InChI is InChI=1S/C23H23F3N2O4/c1-31-14-16-3-2-4-17(13-16)20(29)27-11-9-22(10-12-27)15-28(21(30)23(25,26)32-22)19-7-5-18(24)6-8-19/h2-8,13H,9-12,14-15H2,1H3. The van der Waals surface area contributed by atoms with Gasteiger partial charge in [0.25, 0.3) is 5.91 Å². The third-order valence-corrected chi connectivity index (χ3v) is 5.87. The molecule has 0 N–H and O–H groups in total. The first kappa shape index (κ1) is 22.3. The maximum Gasteiger partial charge on any atom is 0.437 e. The lowest BCUT2D eigenvalue weighted by atomic mass is 9.88. The number of rotatable bonds is 4. The van der Waals surface area contributed by atoms with E-state index in [1.165, 1.54) is 12.1 Å². The number of hydrogen-bond donors (Lipinski definition) is 0. The molecule has 2 aromatic carbocycles. The van der Waals surface area contributed by atoms with Gasteiger partial charge >= 0.3 is 12.0 Å². The zero-order chi connectivity index (χ0) is 22.9. The highest BCUT2D eigenvalue weighted by Crippen LogP contribution is 2.40. The van der Waals surface area contributed by atoms with E-state index < -0.39 is 23.4 Å². The van der Waals surface area contributed by atoms with Crippen LogP contribution in [0.25, 0.3) is 0 Å². The fourth-order valence-corrected chi connectivity index (χ4v) is 4.22. The molecule has 2 fully saturated rings. The van der Waals surface area contributed by atoms with Gasteiger partial charge in [-0.05, 0) is 54.8 Å². The van der Waals surface area contributed by atoms with Crippen LogP contribution in [0.5, 0.6) is 0 Å². The Morgan fingerprint density at radius 3 is 2.47 bits per heavy atom. The normalized spacial score (nSPS) is 19.9. The zero-order valence-corrected chi connectivity index (χ0v) is 17.5. The summed E-state index contributed by atoms with van der Waals surface area (Å²) in [4.78, 5) is 27.7. The fourth-order valence-electron chi connectivity index (χ4n) is 4.22. The van der Waals surface area contributed by atoms with E-state index in [2.05, 4.69) is 0 Å². The highest BCUT2D eigenvalue weighted by Gasteiger charge is 2.57. The number of likely N-dealkylation sites (tertiary alicyclic amines) is 1. The maximum atomic E-state index is 14.5. The van der Waals surface area contributed by atoms with E-state index >= 15 is 0 Å². The van der Waals surface area contributed by atoms with Gasteiger partial charge in [-0.3, -0.25) is 9.59 Å².